The molecule has 0 radical (unpaired) electrons. The third-order valence-electron chi connectivity index (χ3n) is 13.1. The van der Waals surface area contributed by atoms with Gasteiger partial charge in [-0.25, -0.2) is 0 Å². The molecule has 0 aromatic heterocycles. The van der Waals surface area contributed by atoms with Gasteiger partial charge in [0.05, 0.1) is 5.30 Å². The molecule has 0 spiro atoms. The number of para-hydroxylation sites is 4. The number of ether oxygens (including phenoxy) is 3. The fourth-order valence-corrected chi connectivity index (χ4v) is 13.2. The quantitative estimate of drug-likeness (QED) is 0.116. The minimum absolute atomic E-state index is 0.422. The van der Waals surface area contributed by atoms with Gasteiger partial charge in [-0.1, -0.05) is 127 Å². The first-order chi connectivity index (χ1) is 31.5. The molecular weight excluding hydrogens is 814 g/mol. The topological polar surface area (TPSA) is 63.7 Å². The molecule has 1 unspecified atom stereocenters. The zero-order chi connectivity index (χ0) is 42.7. The van der Waals surface area contributed by atoms with Crippen molar-refractivity contribution in [3.05, 3.63) is 228 Å². The van der Waals surface area contributed by atoms with Crippen LogP contribution in [-0.2, 0) is 29.4 Å². The summed E-state index contributed by atoms with van der Waals surface area (Å²) in [5.74, 6) is 3.33. The zero-order valence-electron chi connectivity index (χ0n) is 35.0. The summed E-state index contributed by atoms with van der Waals surface area (Å²) in [5, 5.41) is -0.651. The normalized spacial score (nSPS) is 17.2. The second kappa shape index (κ2) is 15.4. The summed E-state index contributed by atoms with van der Waals surface area (Å²) in [6, 6.07) is 66.1. The van der Waals surface area contributed by atoms with E-state index in [-0.39, 0.29) is 0 Å². The number of hydrogen-bond donors (Lipinski definition) is 0. The molecule has 0 fully saturated rings. The minimum atomic E-state index is -4.03. The van der Waals surface area contributed by atoms with Gasteiger partial charge in [0.15, 0.2) is 20.2 Å². The molecule has 0 saturated heterocycles. The number of fused-ring (bicyclic) bond motifs is 6. The molecule has 4 aliphatic heterocycles. The molecule has 8 aromatic rings. The average molecular weight is 858 g/mol. The van der Waals surface area contributed by atoms with Crippen LogP contribution in [0.25, 0.3) is 11.1 Å². The maximum atomic E-state index is 17.3. The van der Waals surface area contributed by atoms with Gasteiger partial charge in [0, 0.05) is 59.0 Å². The van der Waals surface area contributed by atoms with Crippen LogP contribution < -0.4 is 38.7 Å². The van der Waals surface area contributed by atoms with Crippen molar-refractivity contribution in [1.29, 1.82) is 0 Å². The fraction of sp³-hybridized carbons (Fsp3) is 0.127. The van der Waals surface area contributed by atoms with Gasteiger partial charge in [-0.15, -0.1) is 0 Å². The Kier molecular flexibility index (Phi) is 9.23. The van der Waals surface area contributed by atoms with Gasteiger partial charge >= 0.3 is 0 Å². The molecule has 8 nitrogen and oxygen atoms in total. The van der Waals surface area contributed by atoms with Crippen LogP contribution in [0.1, 0.15) is 33.4 Å². The van der Waals surface area contributed by atoms with E-state index in [4.69, 9.17) is 18.7 Å². The highest BCUT2D eigenvalue weighted by molar-refractivity contribution is 7.69. The number of nitrogens with zero attached hydrogens (tertiary/aromatic N) is 3. The smallest absolute Gasteiger partial charge is 0.296 e. The van der Waals surface area contributed by atoms with E-state index < -0.39 is 12.5 Å². The van der Waals surface area contributed by atoms with Gasteiger partial charge in [-0.3, -0.25) is 4.57 Å². The Balaban J connectivity index is 1.04. The van der Waals surface area contributed by atoms with Gasteiger partial charge in [-0.05, 0) is 89.0 Å². The minimum Gasteiger partial charge on any atom is -0.473 e. The van der Waals surface area contributed by atoms with Crippen LogP contribution in [0.15, 0.2) is 194 Å². The molecule has 64 heavy (non-hydrogen) atoms. The molecule has 0 aliphatic carbocycles. The van der Waals surface area contributed by atoms with Crippen LogP contribution in [0.4, 0.5) is 17.1 Å². The Morgan fingerprint density at radius 2 is 0.719 bits per heavy atom. The molecule has 0 saturated carbocycles. The van der Waals surface area contributed by atoms with Crippen LogP contribution >= 0.6 is 7.37 Å². The van der Waals surface area contributed by atoms with E-state index in [1.165, 1.54) is 0 Å². The van der Waals surface area contributed by atoms with E-state index in [1.54, 1.807) is 0 Å². The van der Waals surface area contributed by atoms with Crippen molar-refractivity contribution in [3.63, 3.8) is 0 Å². The molecule has 4 aliphatic rings. The van der Waals surface area contributed by atoms with E-state index in [2.05, 4.69) is 112 Å². The Morgan fingerprint density at radius 1 is 0.375 bits per heavy atom. The SMILES string of the molecule is O=P1(C(c2ccc(N3COc4ccccc4C3)cc2)(c2ccc(N3COc4ccccc4C3)cc2)c2ccc(N3COc4ccccc4C3)cc2)Oc2ccccc2-c2ccccc21. The lowest BCUT2D eigenvalue weighted by Gasteiger charge is -2.44. The van der Waals surface area contributed by atoms with Crippen LogP contribution in [0, 0.1) is 0 Å². The molecular formula is C55H44N3O5P. The van der Waals surface area contributed by atoms with Gasteiger partial charge in [0.2, 0.25) is 0 Å². The van der Waals surface area contributed by atoms with E-state index in [0.717, 1.165) is 78.8 Å². The van der Waals surface area contributed by atoms with Crippen LogP contribution in [-0.4, -0.2) is 20.2 Å². The lowest BCUT2D eigenvalue weighted by atomic mass is 9.83. The van der Waals surface area contributed by atoms with Crippen LogP contribution in [0.5, 0.6) is 23.0 Å². The summed E-state index contributed by atoms with van der Waals surface area (Å²) in [7, 11) is -4.03. The van der Waals surface area contributed by atoms with Crippen LogP contribution in [0.2, 0.25) is 0 Å². The standard InChI is InChI=1S/C55H44N3O5P/c59-64(54-20-10-5-15-49(54)48-14-4-9-19-53(48)63-64)55(42-21-27-45(28-22-42)56-33-39-11-1-6-16-50(39)60-36-56,43-23-29-46(30-24-43)57-34-40-12-2-7-17-51(40)61-37-57)44-25-31-47(32-26-44)58-35-41-13-3-8-18-52(41)62-38-58/h1-32H,33-38H2. The van der Waals surface area contributed by atoms with Gasteiger partial charge < -0.3 is 33.4 Å². The fourth-order valence-electron chi connectivity index (χ4n) is 9.93. The number of hydrogen-bond acceptors (Lipinski definition) is 8. The van der Waals surface area contributed by atoms with Crippen molar-refractivity contribution in [2.45, 2.75) is 24.8 Å². The van der Waals surface area contributed by atoms with Gasteiger partial charge in [-0.2, -0.15) is 0 Å². The number of benzene rings is 8. The summed E-state index contributed by atoms with van der Waals surface area (Å²) in [4.78, 5) is 6.67. The first kappa shape index (κ1) is 38.3. The molecule has 1 atom stereocenters. The summed E-state index contributed by atoms with van der Waals surface area (Å²) in [5.41, 5.74) is 10.8. The summed E-state index contributed by atoms with van der Waals surface area (Å²) in [6.45, 7) is 3.41. The second-order valence-electron chi connectivity index (χ2n) is 16.7. The molecule has 4 heterocycles. The Labute approximate surface area is 372 Å². The van der Waals surface area contributed by atoms with Crippen molar-refractivity contribution in [2.75, 3.05) is 34.9 Å². The molecule has 0 bridgehead atoms. The second-order valence-corrected chi connectivity index (χ2v) is 19.2. The van der Waals surface area contributed by atoms with Gasteiger partial charge in [0.1, 0.15) is 28.2 Å². The monoisotopic (exact) mass is 857 g/mol. The van der Waals surface area contributed by atoms with E-state index in [9.17, 15) is 0 Å². The van der Waals surface area contributed by atoms with Crippen molar-refractivity contribution < 1.29 is 23.3 Å². The van der Waals surface area contributed by atoms with Gasteiger partial charge in [0.25, 0.3) is 7.37 Å². The molecule has 314 valence electrons. The highest BCUT2D eigenvalue weighted by Crippen LogP contribution is 2.71. The Hall–Kier alpha value is -7.41. The maximum Gasteiger partial charge on any atom is 0.296 e. The van der Waals surface area contributed by atoms with E-state index >= 15 is 4.57 Å². The van der Waals surface area contributed by atoms with Crippen molar-refractivity contribution >= 4 is 29.7 Å². The number of anilines is 3. The van der Waals surface area contributed by atoms with Crippen molar-refractivity contribution in [1.82, 2.24) is 0 Å². The van der Waals surface area contributed by atoms with Crippen molar-refractivity contribution in [3.8, 4) is 34.1 Å². The third-order valence-corrected chi connectivity index (χ3v) is 16.3. The summed E-state index contributed by atoms with van der Waals surface area (Å²) in [6.07, 6.45) is 0. The lowest BCUT2D eigenvalue weighted by Crippen LogP contribution is -2.38. The summed E-state index contributed by atoms with van der Waals surface area (Å²) < 4.78 is 43.1. The molecule has 8 aromatic carbocycles. The largest absolute Gasteiger partial charge is 0.473 e. The zero-order valence-corrected chi connectivity index (χ0v) is 35.9. The Bertz CT molecular complexity index is 2840. The van der Waals surface area contributed by atoms with E-state index in [1.807, 2.05) is 97.1 Å². The average Bonchev–Trinajstić information content (AvgIpc) is 3.37. The molecule has 0 N–H and O–H groups in total. The first-order valence-electron chi connectivity index (χ1n) is 21.7. The maximum absolute atomic E-state index is 17.3. The van der Waals surface area contributed by atoms with Crippen LogP contribution in [0.3, 0.4) is 0 Å². The highest BCUT2D eigenvalue weighted by Gasteiger charge is 2.58. The first-order valence-corrected chi connectivity index (χ1v) is 23.3. The lowest BCUT2D eigenvalue weighted by molar-refractivity contribution is 0.289. The highest BCUT2D eigenvalue weighted by atomic mass is 31.2. The molecule has 12 rings (SSSR count). The Morgan fingerprint density at radius 3 is 1.14 bits per heavy atom. The molecule has 9 heteroatoms. The third kappa shape index (κ3) is 6.23. The summed E-state index contributed by atoms with van der Waals surface area (Å²) >= 11 is 0. The predicted molar refractivity (Wildman–Crippen MR) is 253 cm³/mol. The molecule has 0 amide bonds. The van der Waals surface area contributed by atoms with E-state index in [0.29, 0.717) is 50.9 Å². The van der Waals surface area contributed by atoms with Crippen molar-refractivity contribution in [2.24, 2.45) is 0 Å². The predicted octanol–water partition coefficient (Wildman–Crippen LogP) is 11.7. The number of rotatable bonds is 7.